The second-order valence-electron chi connectivity index (χ2n) is 8.16. The highest BCUT2D eigenvalue weighted by Crippen LogP contribution is 2.49. The zero-order valence-corrected chi connectivity index (χ0v) is 20.0. The highest BCUT2D eigenvalue weighted by molar-refractivity contribution is 7.14. The van der Waals surface area contributed by atoms with E-state index in [1.165, 1.54) is 11.3 Å². The number of ether oxygens (including phenoxy) is 3. The lowest BCUT2D eigenvalue weighted by molar-refractivity contribution is 0.170. The molecule has 2 aromatic heterocycles. The molecule has 0 aliphatic carbocycles. The number of benzene rings is 2. The molecule has 174 valence electrons. The van der Waals surface area contributed by atoms with Crippen molar-refractivity contribution in [3.63, 3.8) is 0 Å². The topological polar surface area (TPSA) is 86.1 Å². The molecule has 0 bridgehead atoms. The van der Waals surface area contributed by atoms with Gasteiger partial charge in [0.15, 0.2) is 16.6 Å². The van der Waals surface area contributed by atoms with Crippen LogP contribution in [-0.2, 0) is 6.42 Å². The first kappa shape index (κ1) is 21.3. The number of hydrogen-bond donors (Lipinski definition) is 1. The van der Waals surface area contributed by atoms with Crippen molar-refractivity contribution in [2.45, 2.75) is 12.6 Å². The van der Waals surface area contributed by atoms with Crippen molar-refractivity contribution in [3.05, 3.63) is 62.3 Å². The molecular formula is C24H20ClN3O5S. The van der Waals surface area contributed by atoms with Crippen LogP contribution >= 0.6 is 22.9 Å². The van der Waals surface area contributed by atoms with Gasteiger partial charge < -0.3 is 23.9 Å². The number of nitrogens with zero attached hydrogens (tertiary/aromatic N) is 2. The Morgan fingerprint density at radius 1 is 1.26 bits per heavy atom. The average molecular weight is 498 g/mol. The van der Waals surface area contributed by atoms with E-state index in [9.17, 15) is 4.79 Å². The summed E-state index contributed by atoms with van der Waals surface area (Å²) in [6.45, 7) is 1.03. The Morgan fingerprint density at radius 3 is 3.00 bits per heavy atom. The van der Waals surface area contributed by atoms with E-state index in [0.29, 0.717) is 44.2 Å². The van der Waals surface area contributed by atoms with Crippen LogP contribution in [0.3, 0.4) is 0 Å². The first-order chi connectivity index (χ1) is 16.5. The Labute approximate surface area is 203 Å². The summed E-state index contributed by atoms with van der Waals surface area (Å²) in [6.07, 6.45) is 0.667. The van der Waals surface area contributed by atoms with E-state index in [4.69, 9.17) is 35.2 Å². The maximum Gasteiger partial charge on any atom is 0.345 e. The van der Waals surface area contributed by atoms with Gasteiger partial charge in [0.1, 0.15) is 11.7 Å². The third-order valence-corrected chi connectivity index (χ3v) is 7.14. The summed E-state index contributed by atoms with van der Waals surface area (Å²) in [6, 6.07) is 8.93. The number of anilines is 1. The highest BCUT2D eigenvalue weighted by atomic mass is 35.5. The van der Waals surface area contributed by atoms with Crippen LogP contribution in [0.1, 0.15) is 17.3 Å². The predicted molar refractivity (Wildman–Crippen MR) is 130 cm³/mol. The third-order valence-electron chi connectivity index (χ3n) is 6.13. The molecule has 8 nitrogen and oxygen atoms in total. The summed E-state index contributed by atoms with van der Waals surface area (Å²) < 4.78 is 22.5. The Morgan fingerprint density at radius 2 is 2.15 bits per heavy atom. The molecule has 6 rings (SSSR count). The van der Waals surface area contributed by atoms with E-state index >= 15 is 0 Å². The minimum atomic E-state index is -0.443. The quantitative estimate of drug-likeness (QED) is 0.398. The summed E-state index contributed by atoms with van der Waals surface area (Å²) in [4.78, 5) is 19.5. The van der Waals surface area contributed by atoms with Gasteiger partial charge in [-0.1, -0.05) is 11.6 Å². The number of likely N-dealkylation sites (N-methyl/N-ethyl adjacent to an activating group) is 1. The molecule has 2 aliphatic rings. The number of rotatable bonds is 4. The Hall–Kier alpha value is -3.27. The normalized spacial score (nSPS) is 17.1. The van der Waals surface area contributed by atoms with Gasteiger partial charge in [-0.2, -0.15) is 0 Å². The standard InChI is InChI=1S/C24H20ClN3O5S/c1-28-6-5-12-9-18-20(32-11-31-18)21(30-2)19(12)22(28)27-24-26-16(10-34-24)15-8-13-7-14(25)3-4-17(13)33-23(15)29/h3-4,7-10,22H,5-6,11H2,1-2H3,(H,26,27)/t22-/m0/s1. The number of halogens is 1. The van der Waals surface area contributed by atoms with Gasteiger partial charge in [-0.05, 0) is 49.4 Å². The molecular weight excluding hydrogens is 478 g/mol. The lowest BCUT2D eigenvalue weighted by Crippen LogP contribution is -2.37. The number of fused-ring (bicyclic) bond motifs is 3. The molecule has 0 radical (unpaired) electrons. The number of hydrogen-bond acceptors (Lipinski definition) is 9. The maximum atomic E-state index is 12.6. The van der Waals surface area contributed by atoms with Crippen LogP contribution in [0.5, 0.6) is 17.2 Å². The fourth-order valence-corrected chi connectivity index (χ4v) is 5.38. The fraction of sp³-hybridized carbons (Fsp3) is 0.250. The molecule has 2 aromatic carbocycles. The first-order valence-electron chi connectivity index (χ1n) is 10.7. The minimum Gasteiger partial charge on any atom is -0.492 e. The van der Waals surface area contributed by atoms with E-state index in [2.05, 4.69) is 10.2 Å². The minimum absolute atomic E-state index is 0.178. The van der Waals surface area contributed by atoms with Crippen molar-refractivity contribution in [1.29, 1.82) is 0 Å². The molecule has 0 amide bonds. The molecule has 0 spiro atoms. The van der Waals surface area contributed by atoms with Crippen molar-refractivity contribution in [2.24, 2.45) is 0 Å². The van der Waals surface area contributed by atoms with E-state index in [-0.39, 0.29) is 13.0 Å². The van der Waals surface area contributed by atoms with Crippen LogP contribution in [0.25, 0.3) is 22.2 Å². The van der Waals surface area contributed by atoms with Gasteiger partial charge >= 0.3 is 5.63 Å². The largest absolute Gasteiger partial charge is 0.492 e. The van der Waals surface area contributed by atoms with Gasteiger partial charge in [0.25, 0.3) is 0 Å². The summed E-state index contributed by atoms with van der Waals surface area (Å²) in [5, 5.41) is 7.34. The Kier molecular flexibility index (Phi) is 5.13. The molecule has 34 heavy (non-hydrogen) atoms. The molecule has 0 saturated carbocycles. The molecule has 0 saturated heterocycles. The van der Waals surface area contributed by atoms with Crippen LogP contribution in [0.4, 0.5) is 5.13 Å². The molecule has 4 heterocycles. The second kappa shape index (κ2) is 8.19. The predicted octanol–water partition coefficient (Wildman–Crippen LogP) is 4.91. The lowest BCUT2D eigenvalue weighted by atomic mass is 9.95. The molecule has 10 heteroatoms. The molecule has 4 aromatic rings. The molecule has 0 unspecified atom stereocenters. The second-order valence-corrected chi connectivity index (χ2v) is 9.46. The van der Waals surface area contributed by atoms with Gasteiger partial charge in [-0.25, -0.2) is 9.78 Å². The van der Waals surface area contributed by atoms with Crippen LogP contribution in [0.2, 0.25) is 5.02 Å². The first-order valence-corrected chi connectivity index (χ1v) is 11.9. The van der Waals surface area contributed by atoms with Gasteiger partial charge in [-0.15, -0.1) is 11.3 Å². The highest BCUT2D eigenvalue weighted by Gasteiger charge is 2.34. The van der Waals surface area contributed by atoms with Crippen molar-refractivity contribution >= 4 is 39.0 Å². The monoisotopic (exact) mass is 497 g/mol. The van der Waals surface area contributed by atoms with E-state index in [1.807, 2.05) is 18.5 Å². The van der Waals surface area contributed by atoms with E-state index in [0.717, 1.165) is 29.5 Å². The van der Waals surface area contributed by atoms with Crippen molar-refractivity contribution in [1.82, 2.24) is 9.88 Å². The number of methoxy groups -OCH3 is 1. The summed E-state index contributed by atoms with van der Waals surface area (Å²) in [7, 11) is 3.68. The fourth-order valence-electron chi connectivity index (χ4n) is 4.47. The molecule has 1 atom stereocenters. The molecule has 1 N–H and O–H groups in total. The van der Waals surface area contributed by atoms with E-state index in [1.54, 1.807) is 31.4 Å². The zero-order valence-electron chi connectivity index (χ0n) is 18.4. The zero-order chi connectivity index (χ0) is 23.4. The molecule has 2 aliphatic heterocycles. The van der Waals surface area contributed by atoms with Gasteiger partial charge in [0.2, 0.25) is 12.5 Å². The number of nitrogens with one attached hydrogen (secondary N) is 1. The van der Waals surface area contributed by atoms with Crippen molar-refractivity contribution in [3.8, 4) is 28.5 Å². The van der Waals surface area contributed by atoms with Crippen molar-refractivity contribution < 1.29 is 18.6 Å². The Bertz CT molecular complexity index is 1480. The summed E-state index contributed by atoms with van der Waals surface area (Å²) >= 11 is 7.53. The van der Waals surface area contributed by atoms with E-state index < -0.39 is 5.63 Å². The van der Waals surface area contributed by atoms with Crippen LogP contribution in [-0.4, -0.2) is 37.4 Å². The van der Waals surface area contributed by atoms with Gasteiger partial charge in [0, 0.05) is 27.9 Å². The smallest absolute Gasteiger partial charge is 0.345 e. The molecule has 0 fully saturated rings. The summed E-state index contributed by atoms with van der Waals surface area (Å²) in [5.74, 6) is 1.99. The van der Waals surface area contributed by atoms with Crippen LogP contribution in [0.15, 0.2) is 44.9 Å². The van der Waals surface area contributed by atoms with Crippen LogP contribution in [0, 0.1) is 0 Å². The van der Waals surface area contributed by atoms with Crippen LogP contribution < -0.4 is 25.2 Å². The number of aromatic nitrogens is 1. The van der Waals surface area contributed by atoms with Gasteiger partial charge in [0.05, 0.1) is 18.4 Å². The van der Waals surface area contributed by atoms with Crippen molar-refractivity contribution in [2.75, 3.05) is 32.8 Å². The third kappa shape index (κ3) is 3.48. The lowest BCUT2D eigenvalue weighted by Gasteiger charge is -2.36. The summed E-state index contributed by atoms with van der Waals surface area (Å²) in [5.41, 5.74) is 3.11. The Balaban J connectivity index is 1.37. The van der Waals surface area contributed by atoms with Gasteiger partial charge in [-0.3, -0.25) is 4.90 Å². The number of thiazole rings is 1. The average Bonchev–Trinajstić information content (AvgIpc) is 3.49. The SMILES string of the molecule is COc1c2c(cc3c1[C@@H](Nc1nc(-c4cc5cc(Cl)ccc5oc4=O)cs1)N(C)CC3)OCO2. The maximum absolute atomic E-state index is 12.6.